The van der Waals surface area contributed by atoms with Gasteiger partial charge in [-0.1, -0.05) is 18.2 Å². The lowest BCUT2D eigenvalue weighted by atomic mass is 10.1. The van der Waals surface area contributed by atoms with Crippen LogP contribution in [0.15, 0.2) is 106 Å². The summed E-state index contributed by atoms with van der Waals surface area (Å²) in [5.41, 5.74) is -1.23. The summed E-state index contributed by atoms with van der Waals surface area (Å²) in [6.45, 7) is 0.376. The zero-order valence-corrected chi connectivity index (χ0v) is 19.2. The van der Waals surface area contributed by atoms with Crippen LogP contribution < -0.4 is 26.5 Å². The van der Waals surface area contributed by atoms with Gasteiger partial charge in [0.2, 0.25) is 0 Å². The Kier molecular flexibility index (Phi) is 6.06. The number of benzene rings is 3. The molecule has 0 spiro atoms. The van der Waals surface area contributed by atoms with Crippen molar-refractivity contribution in [1.29, 1.82) is 0 Å². The average molecular weight is 483 g/mol. The largest absolute Gasteiger partial charge is 0.497 e. The molecular formula is C26H21N5O5. The summed E-state index contributed by atoms with van der Waals surface area (Å²) >= 11 is 0. The van der Waals surface area contributed by atoms with Crippen molar-refractivity contribution in [2.24, 2.45) is 0 Å². The molecule has 5 rings (SSSR count). The summed E-state index contributed by atoms with van der Waals surface area (Å²) < 4.78 is 14.9. The first kappa shape index (κ1) is 22.7. The molecule has 0 radical (unpaired) electrons. The van der Waals surface area contributed by atoms with E-state index in [9.17, 15) is 14.4 Å². The molecule has 1 N–H and O–H groups in total. The van der Waals surface area contributed by atoms with E-state index in [1.165, 1.54) is 7.11 Å². The fraction of sp³-hybridized carbons (Fsp3) is 0.0769. The van der Waals surface area contributed by atoms with Crippen molar-refractivity contribution >= 4 is 0 Å². The van der Waals surface area contributed by atoms with E-state index in [-0.39, 0.29) is 5.69 Å². The predicted molar refractivity (Wildman–Crippen MR) is 133 cm³/mol. The number of methoxy groups -OCH3 is 1. The van der Waals surface area contributed by atoms with Crippen molar-refractivity contribution in [2.45, 2.75) is 6.54 Å². The summed E-state index contributed by atoms with van der Waals surface area (Å²) in [6.07, 6.45) is 5.10. The van der Waals surface area contributed by atoms with Crippen LogP contribution in [-0.4, -0.2) is 30.8 Å². The first-order chi connectivity index (χ1) is 17.5. The zero-order chi connectivity index (χ0) is 25.1. The molecule has 0 unspecified atom stereocenters. The van der Waals surface area contributed by atoms with E-state index in [1.807, 2.05) is 34.9 Å². The van der Waals surface area contributed by atoms with E-state index in [0.717, 1.165) is 9.13 Å². The van der Waals surface area contributed by atoms with Gasteiger partial charge in [-0.3, -0.25) is 4.98 Å². The highest BCUT2D eigenvalue weighted by atomic mass is 16.5. The number of H-pyrrole nitrogens is 1. The number of nitrogens with one attached hydrogen (secondary N) is 1. The second kappa shape index (κ2) is 9.63. The molecule has 10 nitrogen and oxygen atoms in total. The number of aromatic nitrogens is 5. The third-order valence-electron chi connectivity index (χ3n) is 5.52. The van der Waals surface area contributed by atoms with Crippen molar-refractivity contribution < 1.29 is 9.47 Å². The zero-order valence-electron chi connectivity index (χ0n) is 19.2. The first-order valence-electron chi connectivity index (χ1n) is 11.0. The van der Waals surface area contributed by atoms with Crippen molar-refractivity contribution in [3.63, 3.8) is 0 Å². The first-order valence-corrected chi connectivity index (χ1v) is 11.0. The molecule has 2 aromatic heterocycles. The van der Waals surface area contributed by atoms with Gasteiger partial charge >= 0.3 is 17.1 Å². The Morgan fingerprint density at radius 3 is 2.19 bits per heavy atom. The second-order valence-electron chi connectivity index (χ2n) is 7.83. The Balaban J connectivity index is 1.63. The summed E-state index contributed by atoms with van der Waals surface area (Å²) in [5, 5.41) is 0. The van der Waals surface area contributed by atoms with Crippen LogP contribution in [0.1, 0.15) is 5.56 Å². The van der Waals surface area contributed by atoms with Gasteiger partial charge in [-0.25, -0.2) is 28.5 Å². The quantitative estimate of drug-likeness (QED) is 0.381. The SMILES string of the molecule is COc1ccc(-n2c(=O)[nH]c(=O)n(-c3ccc(Oc4ccccc4)c(Cn4ccnc4)c3)c2=O)cc1. The number of aromatic amines is 1. The maximum atomic E-state index is 13.4. The lowest BCUT2D eigenvalue weighted by molar-refractivity contribution is 0.414. The summed E-state index contributed by atoms with van der Waals surface area (Å²) in [5.74, 6) is 1.75. The van der Waals surface area contributed by atoms with E-state index in [0.29, 0.717) is 35.0 Å². The molecule has 180 valence electrons. The minimum absolute atomic E-state index is 0.277. The molecule has 0 fully saturated rings. The van der Waals surface area contributed by atoms with E-state index in [1.54, 1.807) is 61.2 Å². The molecule has 0 saturated heterocycles. The van der Waals surface area contributed by atoms with Crippen LogP contribution in [0.2, 0.25) is 0 Å². The minimum atomic E-state index is -0.847. The molecule has 5 aromatic rings. The molecule has 36 heavy (non-hydrogen) atoms. The van der Waals surface area contributed by atoms with Crippen LogP contribution in [0.5, 0.6) is 17.2 Å². The number of imidazole rings is 1. The number of nitrogens with zero attached hydrogens (tertiary/aromatic N) is 4. The Morgan fingerprint density at radius 2 is 1.53 bits per heavy atom. The van der Waals surface area contributed by atoms with E-state index in [2.05, 4.69) is 9.97 Å². The standard InChI is InChI=1S/C26H21N5O5/c1-35-21-10-7-19(8-11-21)30-24(32)28-25(33)31(26(30)34)20-9-12-23(36-22-5-3-2-4-6-22)18(15-20)16-29-14-13-27-17-29/h2-15,17H,16H2,1H3,(H,28,32,33). The van der Waals surface area contributed by atoms with Crippen LogP contribution in [0.25, 0.3) is 11.4 Å². The van der Waals surface area contributed by atoms with Crippen LogP contribution in [0.3, 0.4) is 0 Å². The van der Waals surface area contributed by atoms with Gasteiger partial charge in [-0.15, -0.1) is 0 Å². The highest BCUT2D eigenvalue weighted by Crippen LogP contribution is 2.27. The third-order valence-corrected chi connectivity index (χ3v) is 5.52. The van der Waals surface area contributed by atoms with Crippen LogP contribution in [0, 0.1) is 0 Å². The van der Waals surface area contributed by atoms with E-state index < -0.39 is 17.1 Å². The van der Waals surface area contributed by atoms with Gasteiger partial charge in [-0.05, 0) is 54.6 Å². The van der Waals surface area contributed by atoms with Gasteiger partial charge in [-0.2, -0.15) is 0 Å². The Bertz CT molecular complexity index is 1670. The molecule has 0 saturated carbocycles. The molecule has 0 amide bonds. The highest BCUT2D eigenvalue weighted by Gasteiger charge is 2.16. The maximum absolute atomic E-state index is 13.4. The Hall–Kier alpha value is -5.12. The molecular weight excluding hydrogens is 462 g/mol. The molecule has 3 aromatic carbocycles. The summed E-state index contributed by atoms with van der Waals surface area (Å²) in [6, 6.07) is 20.6. The lowest BCUT2D eigenvalue weighted by Crippen LogP contribution is -2.48. The number of para-hydroxylation sites is 1. The van der Waals surface area contributed by atoms with Crippen LogP contribution in [0.4, 0.5) is 0 Å². The van der Waals surface area contributed by atoms with Gasteiger partial charge in [0, 0.05) is 18.0 Å². The van der Waals surface area contributed by atoms with Crippen molar-refractivity contribution in [2.75, 3.05) is 7.11 Å². The Morgan fingerprint density at radius 1 is 0.833 bits per heavy atom. The van der Waals surface area contributed by atoms with Crippen LogP contribution >= 0.6 is 0 Å². The molecule has 0 aliphatic heterocycles. The number of rotatable bonds is 7. The normalized spacial score (nSPS) is 10.8. The molecule has 0 atom stereocenters. The molecule has 2 heterocycles. The van der Waals surface area contributed by atoms with Gasteiger partial charge < -0.3 is 14.0 Å². The van der Waals surface area contributed by atoms with E-state index >= 15 is 0 Å². The monoisotopic (exact) mass is 483 g/mol. The van der Waals surface area contributed by atoms with Crippen LogP contribution in [-0.2, 0) is 6.54 Å². The lowest BCUT2D eigenvalue weighted by Gasteiger charge is -2.15. The topological polar surface area (TPSA) is 113 Å². The predicted octanol–water partition coefficient (Wildman–Crippen LogP) is 2.72. The van der Waals surface area contributed by atoms with Gasteiger partial charge in [0.1, 0.15) is 17.2 Å². The van der Waals surface area contributed by atoms with E-state index in [4.69, 9.17) is 9.47 Å². The number of hydrogen-bond acceptors (Lipinski definition) is 6. The summed E-state index contributed by atoms with van der Waals surface area (Å²) in [4.78, 5) is 45.0. The fourth-order valence-corrected chi connectivity index (χ4v) is 3.78. The van der Waals surface area contributed by atoms with Gasteiger partial charge in [0.15, 0.2) is 0 Å². The molecule has 0 aliphatic rings. The number of ether oxygens (including phenoxy) is 2. The highest BCUT2D eigenvalue weighted by molar-refractivity contribution is 5.46. The molecule has 10 heteroatoms. The minimum Gasteiger partial charge on any atom is -0.497 e. The Labute approximate surface area is 204 Å². The number of hydrogen-bond donors (Lipinski definition) is 1. The smallest absolute Gasteiger partial charge is 0.345 e. The fourth-order valence-electron chi connectivity index (χ4n) is 3.78. The van der Waals surface area contributed by atoms with Crippen molar-refractivity contribution in [3.8, 4) is 28.6 Å². The molecule has 0 bridgehead atoms. The van der Waals surface area contributed by atoms with Gasteiger partial charge in [0.25, 0.3) is 0 Å². The third kappa shape index (κ3) is 4.47. The maximum Gasteiger partial charge on any atom is 0.345 e. The average Bonchev–Trinajstić information content (AvgIpc) is 3.39. The molecule has 0 aliphatic carbocycles. The summed E-state index contributed by atoms with van der Waals surface area (Å²) in [7, 11) is 1.51. The van der Waals surface area contributed by atoms with Crippen molar-refractivity contribution in [3.05, 3.63) is 129 Å². The van der Waals surface area contributed by atoms with Crippen molar-refractivity contribution in [1.82, 2.24) is 23.7 Å². The second-order valence-corrected chi connectivity index (χ2v) is 7.83. The van der Waals surface area contributed by atoms with Gasteiger partial charge in [0.05, 0.1) is 31.4 Å².